The number of hydrogen-bond acceptors (Lipinski definition) is 3. The molecule has 0 aliphatic carbocycles. The van der Waals surface area contributed by atoms with Crippen LogP contribution in [0.5, 0.6) is 0 Å². The van der Waals surface area contributed by atoms with Crippen LogP contribution in [-0.2, 0) is 11.2 Å². The van der Waals surface area contributed by atoms with Crippen LogP contribution in [0.15, 0.2) is 54.6 Å². The second-order valence-electron chi connectivity index (χ2n) is 5.31. The lowest BCUT2D eigenvalue weighted by molar-refractivity contribution is 0.146. The maximum absolute atomic E-state index is 11.7. The average Bonchev–Trinajstić information content (AvgIpc) is 2.56. The monoisotopic (exact) mass is 332 g/mol. The summed E-state index contributed by atoms with van der Waals surface area (Å²) in [6.07, 6.45) is 0.526. The Hall–Kier alpha value is -2.04. The van der Waals surface area contributed by atoms with Crippen molar-refractivity contribution in [3.05, 3.63) is 65.2 Å². The summed E-state index contributed by atoms with van der Waals surface area (Å²) in [5, 5.41) is 3.29. The van der Waals surface area contributed by atoms with Gasteiger partial charge in [0.2, 0.25) is 0 Å². The lowest BCUT2D eigenvalue weighted by atomic mass is 10.1. The van der Waals surface area contributed by atoms with Crippen LogP contribution in [0.3, 0.4) is 0 Å². The first kappa shape index (κ1) is 17.3. The minimum atomic E-state index is -0.455. The molecule has 0 atom stereocenters. The zero-order chi connectivity index (χ0) is 16.5. The van der Waals surface area contributed by atoms with Crippen molar-refractivity contribution in [2.24, 2.45) is 0 Å². The number of carbonyl (C=O) groups excluding carboxylic acids is 1. The van der Waals surface area contributed by atoms with Gasteiger partial charge in [-0.1, -0.05) is 41.9 Å². The second-order valence-corrected chi connectivity index (χ2v) is 5.74. The minimum Gasteiger partial charge on any atom is -0.448 e. The van der Waals surface area contributed by atoms with Crippen molar-refractivity contribution in [1.82, 2.24) is 4.90 Å². The largest absolute Gasteiger partial charge is 0.448 e. The summed E-state index contributed by atoms with van der Waals surface area (Å²) in [5.41, 5.74) is 1.97. The third-order valence-electron chi connectivity index (χ3n) is 3.42. The molecule has 0 fully saturated rings. The Balaban J connectivity index is 1.62. The van der Waals surface area contributed by atoms with E-state index < -0.39 is 6.09 Å². The molecule has 0 unspecified atom stereocenters. The van der Waals surface area contributed by atoms with Crippen molar-refractivity contribution in [3.8, 4) is 0 Å². The Bertz CT molecular complexity index is 602. The zero-order valence-corrected chi connectivity index (χ0v) is 13.9. The third kappa shape index (κ3) is 6.72. The Labute approximate surface area is 142 Å². The van der Waals surface area contributed by atoms with E-state index >= 15 is 0 Å². The van der Waals surface area contributed by atoms with Gasteiger partial charge in [0.05, 0.1) is 0 Å². The number of ether oxygens (including phenoxy) is 1. The molecule has 4 nitrogen and oxygen atoms in total. The second kappa shape index (κ2) is 9.18. The predicted octanol–water partition coefficient (Wildman–Crippen LogP) is 4.06. The standard InChI is InChI=1S/C18H21ClN2O2/c1-21(12-11-15-5-3-2-4-6-15)13-14-23-18(22)20-17-9-7-16(19)8-10-17/h2-10H,11-14H2,1H3,(H,20,22). The van der Waals surface area contributed by atoms with Crippen LogP contribution < -0.4 is 5.32 Å². The molecule has 0 spiro atoms. The summed E-state index contributed by atoms with van der Waals surface area (Å²) in [7, 11) is 2.02. The van der Waals surface area contributed by atoms with Gasteiger partial charge in [0.1, 0.15) is 6.61 Å². The van der Waals surface area contributed by atoms with Crippen molar-refractivity contribution in [2.45, 2.75) is 6.42 Å². The van der Waals surface area contributed by atoms with Gasteiger partial charge in [0, 0.05) is 23.8 Å². The fraction of sp³-hybridized carbons (Fsp3) is 0.278. The summed E-state index contributed by atoms with van der Waals surface area (Å²) in [6, 6.07) is 17.2. The molecular formula is C18H21ClN2O2. The van der Waals surface area contributed by atoms with Gasteiger partial charge in [-0.25, -0.2) is 4.79 Å². The van der Waals surface area contributed by atoms with E-state index in [1.165, 1.54) is 5.56 Å². The van der Waals surface area contributed by atoms with Crippen LogP contribution in [0.2, 0.25) is 5.02 Å². The molecular weight excluding hydrogens is 312 g/mol. The highest BCUT2D eigenvalue weighted by atomic mass is 35.5. The van der Waals surface area contributed by atoms with Crippen LogP contribution in [-0.4, -0.2) is 37.7 Å². The number of halogens is 1. The molecule has 23 heavy (non-hydrogen) atoms. The Morgan fingerprint density at radius 3 is 2.48 bits per heavy atom. The van der Waals surface area contributed by atoms with Gasteiger partial charge in [-0.05, 0) is 43.3 Å². The lowest BCUT2D eigenvalue weighted by Gasteiger charge is -2.16. The fourth-order valence-electron chi connectivity index (χ4n) is 2.06. The van der Waals surface area contributed by atoms with Crippen LogP contribution in [0, 0.1) is 0 Å². The summed E-state index contributed by atoms with van der Waals surface area (Å²) >= 11 is 5.79. The molecule has 2 aromatic rings. The van der Waals surface area contributed by atoms with Crippen molar-refractivity contribution in [2.75, 3.05) is 32.1 Å². The molecule has 0 radical (unpaired) electrons. The number of nitrogens with one attached hydrogen (secondary N) is 1. The van der Waals surface area contributed by atoms with Crippen molar-refractivity contribution < 1.29 is 9.53 Å². The van der Waals surface area contributed by atoms with Gasteiger partial charge in [-0.3, -0.25) is 5.32 Å². The maximum Gasteiger partial charge on any atom is 0.411 e. The molecule has 0 bridgehead atoms. The van der Waals surface area contributed by atoms with E-state index in [0.29, 0.717) is 23.9 Å². The highest BCUT2D eigenvalue weighted by Crippen LogP contribution is 2.13. The van der Waals surface area contributed by atoms with E-state index in [-0.39, 0.29) is 0 Å². The van der Waals surface area contributed by atoms with Gasteiger partial charge in [0.15, 0.2) is 0 Å². The molecule has 122 valence electrons. The molecule has 1 amide bonds. The predicted molar refractivity (Wildman–Crippen MR) is 94.1 cm³/mol. The van der Waals surface area contributed by atoms with Gasteiger partial charge in [-0.2, -0.15) is 0 Å². The van der Waals surface area contributed by atoms with E-state index in [4.69, 9.17) is 16.3 Å². The average molecular weight is 333 g/mol. The van der Waals surface area contributed by atoms with E-state index in [9.17, 15) is 4.79 Å². The number of rotatable bonds is 7. The van der Waals surface area contributed by atoms with Gasteiger partial charge < -0.3 is 9.64 Å². The minimum absolute atomic E-state index is 0.352. The molecule has 2 rings (SSSR count). The number of benzene rings is 2. The number of amides is 1. The van der Waals surface area contributed by atoms with Crippen LogP contribution in [0.25, 0.3) is 0 Å². The number of anilines is 1. The number of carbonyl (C=O) groups is 1. The van der Waals surface area contributed by atoms with Gasteiger partial charge in [-0.15, -0.1) is 0 Å². The van der Waals surface area contributed by atoms with E-state index in [1.807, 2.05) is 25.2 Å². The van der Waals surface area contributed by atoms with Crippen LogP contribution >= 0.6 is 11.6 Å². The zero-order valence-electron chi connectivity index (χ0n) is 13.2. The highest BCUT2D eigenvalue weighted by Gasteiger charge is 2.05. The molecule has 0 aromatic heterocycles. The van der Waals surface area contributed by atoms with Crippen molar-refractivity contribution in [3.63, 3.8) is 0 Å². The quantitative estimate of drug-likeness (QED) is 0.831. The maximum atomic E-state index is 11.7. The molecule has 0 saturated heterocycles. The van der Waals surface area contributed by atoms with Crippen LogP contribution in [0.1, 0.15) is 5.56 Å². The van der Waals surface area contributed by atoms with Gasteiger partial charge in [0.25, 0.3) is 0 Å². The summed E-state index contributed by atoms with van der Waals surface area (Å²) in [5.74, 6) is 0. The summed E-state index contributed by atoms with van der Waals surface area (Å²) in [4.78, 5) is 13.8. The fourth-order valence-corrected chi connectivity index (χ4v) is 2.18. The van der Waals surface area contributed by atoms with Crippen molar-refractivity contribution >= 4 is 23.4 Å². The normalized spacial score (nSPS) is 10.6. The van der Waals surface area contributed by atoms with E-state index in [0.717, 1.165) is 13.0 Å². The highest BCUT2D eigenvalue weighted by molar-refractivity contribution is 6.30. The molecule has 1 N–H and O–H groups in total. The first-order valence-corrected chi connectivity index (χ1v) is 7.93. The number of nitrogens with zero attached hydrogens (tertiary/aromatic N) is 1. The molecule has 0 aliphatic rings. The molecule has 0 aliphatic heterocycles. The lowest BCUT2D eigenvalue weighted by Crippen LogP contribution is -2.27. The first-order valence-electron chi connectivity index (χ1n) is 7.55. The molecule has 0 heterocycles. The Morgan fingerprint density at radius 1 is 1.09 bits per heavy atom. The topological polar surface area (TPSA) is 41.6 Å². The Morgan fingerprint density at radius 2 is 1.78 bits per heavy atom. The Kier molecular flexibility index (Phi) is 6.91. The molecule has 0 saturated carbocycles. The molecule has 2 aromatic carbocycles. The van der Waals surface area contributed by atoms with Crippen molar-refractivity contribution in [1.29, 1.82) is 0 Å². The summed E-state index contributed by atoms with van der Waals surface area (Å²) in [6.45, 7) is 1.97. The first-order chi connectivity index (χ1) is 11.1. The van der Waals surface area contributed by atoms with E-state index in [1.54, 1.807) is 24.3 Å². The van der Waals surface area contributed by atoms with E-state index in [2.05, 4.69) is 22.3 Å². The van der Waals surface area contributed by atoms with Gasteiger partial charge >= 0.3 is 6.09 Å². The molecule has 5 heteroatoms. The summed E-state index contributed by atoms with van der Waals surface area (Å²) < 4.78 is 5.17. The number of hydrogen-bond donors (Lipinski definition) is 1. The number of likely N-dealkylation sites (N-methyl/N-ethyl adjacent to an activating group) is 1. The van der Waals surface area contributed by atoms with Crippen LogP contribution in [0.4, 0.5) is 10.5 Å². The third-order valence-corrected chi connectivity index (χ3v) is 3.67. The SMILES string of the molecule is CN(CCOC(=O)Nc1ccc(Cl)cc1)CCc1ccccc1. The smallest absolute Gasteiger partial charge is 0.411 e.